The fourth-order valence-corrected chi connectivity index (χ4v) is 3.36. The van der Waals surface area contributed by atoms with Crippen molar-refractivity contribution in [3.8, 4) is 0 Å². The highest BCUT2D eigenvalue weighted by atomic mass is 15.1. The van der Waals surface area contributed by atoms with E-state index in [9.17, 15) is 0 Å². The second-order valence-corrected chi connectivity index (χ2v) is 5.47. The molecule has 2 atom stereocenters. The van der Waals surface area contributed by atoms with Crippen LogP contribution in [0, 0.1) is 11.8 Å². The van der Waals surface area contributed by atoms with E-state index in [0.717, 1.165) is 11.8 Å². The molecular formula is C12H25N3. The lowest BCUT2D eigenvalue weighted by Crippen LogP contribution is -2.53. The SMILES string of the molecule is CNC(C1CC(N)C1)C1CCCN(C)C1. The Morgan fingerprint density at radius 3 is 2.60 bits per heavy atom. The van der Waals surface area contributed by atoms with Crippen LogP contribution in [0.1, 0.15) is 25.7 Å². The normalized spacial score (nSPS) is 39.8. The number of nitrogens with zero attached hydrogens (tertiary/aromatic N) is 1. The average Bonchev–Trinajstić information content (AvgIpc) is 2.16. The number of hydrogen-bond donors (Lipinski definition) is 2. The topological polar surface area (TPSA) is 41.3 Å². The van der Waals surface area contributed by atoms with Crippen molar-refractivity contribution in [2.24, 2.45) is 17.6 Å². The van der Waals surface area contributed by atoms with Gasteiger partial charge in [0.1, 0.15) is 0 Å². The largest absolute Gasteiger partial charge is 0.328 e. The van der Waals surface area contributed by atoms with Gasteiger partial charge in [-0.15, -0.1) is 0 Å². The van der Waals surface area contributed by atoms with Crippen molar-refractivity contribution in [1.82, 2.24) is 10.2 Å². The molecule has 0 aromatic heterocycles. The van der Waals surface area contributed by atoms with Crippen LogP contribution in [-0.4, -0.2) is 44.2 Å². The highest BCUT2D eigenvalue weighted by molar-refractivity contribution is 4.94. The van der Waals surface area contributed by atoms with Gasteiger partial charge in [0.2, 0.25) is 0 Å². The molecule has 2 unspecified atom stereocenters. The predicted molar refractivity (Wildman–Crippen MR) is 63.8 cm³/mol. The summed E-state index contributed by atoms with van der Waals surface area (Å²) in [5.74, 6) is 1.67. The lowest BCUT2D eigenvalue weighted by molar-refractivity contribution is 0.105. The molecule has 0 amide bonds. The third kappa shape index (κ3) is 2.52. The molecule has 0 aromatic rings. The molecule has 0 aromatic carbocycles. The van der Waals surface area contributed by atoms with Crippen molar-refractivity contribution >= 4 is 0 Å². The zero-order chi connectivity index (χ0) is 10.8. The minimum Gasteiger partial charge on any atom is -0.328 e. The summed E-state index contributed by atoms with van der Waals surface area (Å²) in [5, 5.41) is 3.53. The average molecular weight is 211 g/mol. The molecule has 2 rings (SSSR count). The molecule has 3 heteroatoms. The third-order valence-electron chi connectivity index (χ3n) is 4.22. The van der Waals surface area contributed by atoms with Gasteiger partial charge in [-0.1, -0.05) is 0 Å². The Bertz CT molecular complexity index is 201. The zero-order valence-electron chi connectivity index (χ0n) is 10.1. The molecule has 3 nitrogen and oxygen atoms in total. The standard InChI is InChI=1S/C12H25N3/c1-14-12(10-6-11(13)7-10)9-4-3-5-15(2)8-9/h9-12,14H,3-8,13H2,1-2H3. The van der Waals surface area contributed by atoms with E-state index in [0.29, 0.717) is 12.1 Å². The Balaban J connectivity index is 1.88. The van der Waals surface area contributed by atoms with E-state index in [2.05, 4.69) is 24.3 Å². The predicted octanol–water partition coefficient (Wildman–Crippen LogP) is 0.654. The van der Waals surface area contributed by atoms with Crippen LogP contribution >= 0.6 is 0 Å². The Morgan fingerprint density at radius 2 is 2.07 bits per heavy atom. The van der Waals surface area contributed by atoms with Crippen molar-refractivity contribution in [3.63, 3.8) is 0 Å². The van der Waals surface area contributed by atoms with Gasteiger partial charge in [0, 0.05) is 18.6 Å². The second kappa shape index (κ2) is 4.81. The summed E-state index contributed by atoms with van der Waals surface area (Å²) in [4.78, 5) is 2.47. The lowest BCUT2D eigenvalue weighted by atomic mass is 9.70. The Hall–Kier alpha value is -0.120. The molecule has 2 fully saturated rings. The van der Waals surface area contributed by atoms with Crippen molar-refractivity contribution in [2.45, 2.75) is 37.8 Å². The first kappa shape index (κ1) is 11.4. The second-order valence-electron chi connectivity index (χ2n) is 5.47. The molecule has 3 N–H and O–H groups in total. The molecule has 0 radical (unpaired) electrons. The van der Waals surface area contributed by atoms with Gasteiger partial charge in [-0.3, -0.25) is 0 Å². The number of likely N-dealkylation sites (tertiary alicyclic amines) is 1. The number of nitrogens with two attached hydrogens (primary N) is 1. The van der Waals surface area contributed by atoms with Gasteiger partial charge in [-0.25, -0.2) is 0 Å². The first-order valence-corrected chi connectivity index (χ1v) is 6.32. The van der Waals surface area contributed by atoms with E-state index in [4.69, 9.17) is 5.73 Å². The van der Waals surface area contributed by atoms with Gasteiger partial charge in [0.15, 0.2) is 0 Å². The van der Waals surface area contributed by atoms with Crippen LogP contribution in [0.15, 0.2) is 0 Å². The summed E-state index contributed by atoms with van der Waals surface area (Å²) in [6.45, 7) is 2.54. The lowest BCUT2D eigenvalue weighted by Gasteiger charge is -2.44. The highest BCUT2D eigenvalue weighted by Crippen LogP contribution is 2.34. The fourth-order valence-electron chi connectivity index (χ4n) is 3.36. The maximum atomic E-state index is 5.88. The first-order chi connectivity index (χ1) is 7.20. The molecule has 0 bridgehead atoms. The van der Waals surface area contributed by atoms with Crippen molar-refractivity contribution in [2.75, 3.05) is 27.2 Å². The van der Waals surface area contributed by atoms with Crippen LogP contribution in [0.25, 0.3) is 0 Å². The maximum absolute atomic E-state index is 5.88. The number of nitrogens with one attached hydrogen (secondary N) is 1. The number of rotatable bonds is 3. The molecule has 1 aliphatic carbocycles. The van der Waals surface area contributed by atoms with E-state index in [-0.39, 0.29) is 0 Å². The fraction of sp³-hybridized carbons (Fsp3) is 1.00. The maximum Gasteiger partial charge on any atom is 0.0134 e. The van der Waals surface area contributed by atoms with Gasteiger partial charge in [-0.05, 0) is 58.2 Å². The summed E-state index contributed by atoms with van der Waals surface area (Å²) in [6.07, 6.45) is 5.21. The molecule has 15 heavy (non-hydrogen) atoms. The quantitative estimate of drug-likeness (QED) is 0.720. The molecule has 0 spiro atoms. The summed E-state index contributed by atoms with van der Waals surface area (Å²) < 4.78 is 0. The van der Waals surface area contributed by atoms with E-state index >= 15 is 0 Å². The van der Waals surface area contributed by atoms with Crippen molar-refractivity contribution in [3.05, 3.63) is 0 Å². The van der Waals surface area contributed by atoms with E-state index in [1.807, 2.05) is 0 Å². The van der Waals surface area contributed by atoms with Crippen molar-refractivity contribution in [1.29, 1.82) is 0 Å². The smallest absolute Gasteiger partial charge is 0.0134 e. The van der Waals surface area contributed by atoms with E-state index < -0.39 is 0 Å². The van der Waals surface area contributed by atoms with Gasteiger partial charge in [0.05, 0.1) is 0 Å². The summed E-state index contributed by atoms with van der Waals surface area (Å²) in [7, 11) is 4.36. The third-order valence-corrected chi connectivity index (χ3v) is 4.22. The van der Waals surface area contributed by atoms with Gasteiger partial charge >= 0.3 is 0 Å². The van der Waals surface area contributed by atoms with Crippen LogP contribution in [0.2, 0.25) is 0 Å². The van der Waals surface area contributed by atoms with Crippen LogP contribution in [-0.2, 0) is 0 Å². The number of piperidine rings is 1. The molecule has 2 aliphatic rings. The molecular weight excluding hydrogens is 186 g/mol. The first-order valence-electron chi connectivity index (χ1n) is 6.32. The Kier molecular flexibility index (Phi) is 3.65. The number of hydrogen-bond acceptors (Lipinski definition) is 3. The molecule has 1 saturated carbocycles. The molecule has 1 heterocycles. The molecule has 1 saturated heterocycles. The summed E-state index contributed by atoms with van der Waals surface area (Å²) in [5.41, 5.74) is 5.88. The Labute approximate surface area is 93.4 Å². The van der Waals surface area contributed by atoms with Crippen LogP contribution < -0.4 is 11.1 Å². The monoisotopic (exact) mass is 211 g/mol. The molecule has 1 aliphatic heterocycles. The van der Waals surface area contributed by atoms with Gasteiger partial charge in [-0.2, -0.15) is 0 Å². The van der Waals surface area contributed by atoms with E-state index in [1.54, 1.807) is 0 Å². The minimum atomic E-state index is 0.479. The summed E-state index contributed by atoms with van der Waals surface area (Å²) in [6, 6.07) is 1.18. The van der Waals surface area contributed by atoms with E-state index in [1.165, 1.54) is 38.8 Å². The van der Waals surface area contributed by atoms with Crippen molar-refractivity contribution < 1.29 is 0 Å². The Morgan fingerprint density at radius 1 is 1.33 bits per heavy atom. The summed E-state index contributed by atoms with van der Waals surface area (Å²) >= 11 is 0. The zero-order valence-corrected chi connectivity index (χ0v) is 10.1. The van der Waals surface area contributed by atoms with Gasteiger partial charge < -0.3 is 16.0 Å². The highest BCUT2D eigenvalue weighted by Gasteiger charge is 2.37. The van der Waals surface area contributed by atoms with Crippen LogP contribution in [0.3, 0.4) is 0 Å². The minimum absolute atomic E-state index is 0.479. The van der Waals surface area contributed by atoms with Crippen LogP contribution in [0.4, 0.5) is 0 Å². The van der Waals surface area contributed by atoms with Gasteiger partial charge in [0.25, 0.3) is 0 Å². The van der Waals surface area contributed by atoms with Crippen LogP contribution in [0.5, 0.6) is 0 Å². The molecule has 88 valence electrons.